The van der Waals surface area contributed by atoms with Crippen LogP contribution in [0.5, 0.6) is 17.2 Å². The first-order valence-corrected chi connectivity index (χ1v) is 7.99. The van der Waals surface area contributed by atoms with Gasteiger partial charge in [-0.3, -0.25) is 15.4 Å². The van der Waals surface area contributed by atoms with Crippen molar-refractivity contribution in [3.63, 3.8) is 0 Å². The molecule has 25 heavy (non-hydrogen) atoms. The van der Waals surface area contributed by atoms with Crippen LogP contribution in [0.3, 0.4) is 0 Å². The summed E-state index contributed by atoms with van der Waals surface area (Å²) >= 11 is 0. The van der Waals surface area contributed by atoms with Gasteiger partial charge in [0.25, 0.3) is 0 Å². The molecule has 6 heteroatoms. The molecule has 3 aromatic rings. The number of hydrogen-bond donors (Lipinski definition) is 2. The Morgan fingerprint density at radius 3 is 2.64 bits per heavy atom. The minimum absolute atomic E-state index is 0.175. The molecule has 0 aliphatic carbocycles. The molecular weight excluding hydrogens is 318 g/mol. The summed E-state index contributed by atoms with van der Waals surface area (Å²) in [6.07, 6.45) is 1.13. The Morgan fingerprint density at radius 1 is 1.12 bits per heavy atom. The Hall–Kier alpha value is -3.28. The van der Waals surface area contributed by atoms with Gasteiger partial charge in [0.1, 0.15) is 11.2 Å². The second-order valence-electron chi connectivity index (χ2n) is 5.59. The van der Waals surface area contributed by atoms with Crippen LogP contribution in [0.15, 0.2) is 42.5 Å². The van der Waals surface area contributed by atoms with E-state index in [1.165, 1.54) is 4.57 Å². The number of nitrogens with one attached hydrogen (secondary N) is 2. The number of ether oxygens (including phenoxy) is 3. The van der Waals surface area contributed by atoms with E-state index in [9.17, 15) is 0 Å². The number of benzene rings is 2. The first-order chi connectivity index (χ1) is 12.2. The van der Waals surface area contributed by atoms with Crippen LogP contribution in [0.25, 0.3) is 22.0 Å². The summed E-state index contributed by atoms with van der Waals surface area (Å²) < 4.78 is 18.2. The van der Waals surface area contributed by atoms with Crippen LogP contribution in [-0.2, 0) is 0 Å². The van der Waals surface area contributed by atoms with Gasteiger partial charge in [-0.05, 0) is 30.7 Å². The number of fused-ring (bicyclic) bond motifs is 2. The number of hydrogen-bond acceptors (Lipinski definition) is 5. The lowest BCUT2D eigenvalue weighted by molar-refractivity contribution is 0.174. The fraction of sp³-hybridized carbons (Fsp3) is 0.158. The van der Waals surface area contributed by atoms with Crippen LogP contribution in [0.2, 0.25) is 0 Å². The molecule has 0 amide bonds. The zero-order chi connectivity index (χ0) is 17.4. The van der Waals surface area contributed by atoms with Gasteiger partial charge in [-0.1, -0.05) is 18.2 Å². The molecule has 2 heterocycles. The molecule has 2 aromatic carbocycles. The van der Waals surface area contributed by atoms with Crippen LogP contribution in [0.1, 0.15) is 6.92 Å². The maximum Gasteiger partial charge on any atom is 0.231 e. The predicted octanol–water partition coefficient (Wildman–Crippen LogP) is 3.37. The van der Waals surface area contributed by atoms with Crippen LogP contribution < -0.4 is 19.7 Å². The normalized spacial score (nSPS) is 12.4. The lowest BCUT2D eigenvalue weighted by Gasteiger charge is -2.15. The lowest BCUT2D eigenvalue weighted by atomic mass is 9.99. The third kappa shape index (κ3) is 2.42. The van der Waals surface area contributed by atoms with E-state index in [2.05, 4.69) is 0 Å². The average Bonchev–Trinajstić information content (AvgIpc) is 3.08. The molecule has 0 saturated heterocycles. The Kier molecular flexibility index (Phi) is 3.65. The summed E-state index contributed by atoms with van der Waals surface area (Å²) in [6.45, 7) is 2.67. The Morgan fingerprint density at radius 2 is 1.88 bits per heavy atom. The smallest absolute Gasteiger partial charge is 0.231 e. The number of rotatable bonds is 4. The summed E-state index contributed by atoms with van der Waals surface area (Å²) in [5, 5.41) is 16.9. The van der Waals surface area contributed by atoms with Crippen molar-refractivity contribution in [3.8, 4) is 28.4 Å². The summed E-state index contributed by atoms with van der Waals surface area (Å²) in [4.78, 5) is 0. The van der Waals surface area contributed by atoms with E-state index in [4.69, 9.17) is 25.0 Å². The van der Waals surface area contributed by atoms with Gasteiger partial charge >= 0.3 is 0 Å². The van der Waals surface area contributed by atoms with Gasteiger partial charge in [0.2, 0.25) is 6.79 Å². The van der Waals surface area contributed by atoms with Crippen molar-refractivity contribution in [2.24, 2.45) is 0 Å². The number of aromatic nitrogens is 1. The summed E-state index contributed by atoms with van der Waals surface area (Å²) in [6, 6.07) is 13.2. The standard InChI is InChI=1S/C19H17N3O3/c1-2-23-16-6-4-3-5-12(16)13-8-19(21)22(10-20)15-9-18-17(7-14(13)15)24-11-25-18/h3-10,20-21H,2,11H2,1H3. The van der Waals surface area contributed by atoms with Gasteiger partial charge in [-0.2, -0.15) is 0 Å². The molecule has 1 aliphatic heterocycles. The summed E-state index contributed by atoms with van der Waals surface area (Å²) in [5.41, 5.74) is 2.69. The Labute approximate surface area is 144 Å². The van der Waals surface area contributed by atoms with Crippen molar-refractivity contribution in [1.82, 2.24) is 4.57 Å². The van der Waals surface area contributed by atoms with Crippen molar-refractivity contribution < 1.29 is 14.2 Å². The van der Waals surface area contributed by atoms with Crippen LogP contribution in [0.4, 0.5) is 0 Å². The van der Waals surface area contributed by atoms with Gasteiger partial charge in [-0.15, -0.1) is 0 Å². The van der Waals surface area contributed by atoms with Gasteiger partial charge < -0.3 is 14.2 Å². The van der Waals surface area contributed by atoms with Crippen molar-refractivity contribution >= 4 is 17.2 Å². The zero-order valence-corrected chi connectivity index (χ0v) is 13.7. The molecule has 0 spiro atoms. The molecule has 1 aromatic heterocycles. The minimum atomic E-state index is 0.175. The van der Waals surface area contributed by atoms with Crippen LogP contribution in [0, 0.1) is 10.8 Å². The molecule has 4 rings (SSSR count). The molecule has 1 aliphatic rings. The predicted molar refractivity (Wildman–Crippen MR) is 94.7 cm³/mol. The maximum atomic E-state index is 8.31. The molecule has 0 radical (unpaired) electrons. The third-order valence-corrected chi connectivity index (χ3v) is 4.19. The highest BCUT2D eigenvalue weighted by molar-refractivity contribution is 5.99. The lowest BCUT2D eigenvalue weighted by Crippen LogP contribution is -2.19. The quantitative estimate of drug-likeness (QED) is 0.566. The van der Waals surface area contributed by atoms with E-state index in [0.29, 0.717) is 23.6 Å². The molecule has 2 N–H and O–H groups in total. The van der Waals surface area contributed by atoms with Crippen LogP contribution in [-0.4, -0.2) is 24.3 Å². The van der Waals surface area contributed by atoms with E-state index < -0.39 is 0 Å². The Balaban J connectivity index is 2.09. The van der Waals surface area contributed by atoms with E-state index >= 15 is 0 Å². The Bertz CT molecular complexity index is 1040. The van der Waals surface area contributed by atoms with E-state index in [1.807, 2.05) is 43.3 Å². The molecule has 0 unspecified atom stereocenters. The molecule has 126 valence electrons. The van der Waals surface area contributed by atoms with E-state index in [1.54, 1.807) is 6.07 Å². The van der Waals surface area contributed by atoms with Crippen molar-refractivity contribution in [1.29, 1.82) is 10.8 Å². The summed E-state index contributed by atoms with van der Waals surface area (Å²) in [5.74, 6) is 2.05. The van der Waals surface area contributed by atoms with Gasteiger partial charge in [0, 0.05) is 17.0 Å². The second kappa shape index (κ2) is 5.98. The fourth-order valence-corrected chi connectivity index (χ4v) is 3.09. The molecule has 0 bridgehead atoms. The molecule has 0 saturated carbocycles. The molecule has 0 fully saturated rings. The number of nitrogens with zero attached hydrogens (tertiary/aromatic N) is 1. The van der Waals surface area contributed by atoms with Crippen molar-refractivity contribution in [2.45, 2.75) is 6.92 Å². The number of pyridine rings is 1. The van der Waals surface area contributed by atoms with Crippen molar-refractivity contribution in [3.05, 3.63) is 48.0 Å². The first-order valence-electron chi connectivity index (χ1n) is 7.99. The third-order valence-electron chi connectivity index (χ3n) is 4.19. The highest BCUT2D eigenvalue weighted by Crippen LogP contribution is 2.40. The summed E-state index contributed by atoms with van der Waals surface area (Å²) in [7, 11) is 0. The molecule has 0 atom stereocenters. The molecular formula is C19H17N3O3. The van der Waals surface area contributed by atoms with Crippen molar-refractivity contribution in [2.75, 3.05) is 13.4 Å². The monoisotopic (exact) mass is 335 g/mol. The van der Waals surface area contributed by atoms with Gasteiger partial charge in [0.15, 0.2) is 11.5 Å². The first kappa shape index (κ1) is 15.3. The highest BCUT2D eigenvalue weighted by atomic mass is 16.7. The zero-order valence-electron chi connectivity index (χ0n) is 13.7. The van der Waals surface area contributed by atoms with Gasteiger partial charge in [0.05, 0.1) is 18.5 Å². The van der Waals surface area contributed by atoms with Crippen LogP contribution >= 0.6 is 0 Å². The van der Waals surface area contributed by atoms with Gasteiger partial charge in [-0.25, -0.2) is 0 Å². The largest absolute Gasteiger partial charge is 0.493 e. The topological polar surface area (TPSA) is 80.3 Å². The van der Waals surface area contributed by atoms with E-state index in [0.717, 1.165) is 28.6 Å². The highest BCUT2D eigenvalue weighted by Gasteiger charge is 2.19. The SMILES string of the molecule is CCOc1ccccc1-c1cc(=N)n(C=N)c2cc3c(cc12)OCO3. The minimum Gasteiger partial charge on any atom is -0.493 e. The van der Waals surface area contributed by atoms with E-state index in [-0.39, 0.29) is 12.3 Å². The maximum absolute atomic E-state index is 8.31. The number of para-hydroxylation sites is 1. The molecule has 6 nitrogen and oxygen atoms in total. The average molecular weight is 335 g/mol. The second-order valence-corrected chi connectivity index (χ2v) is 5.59. The fourth-order valence-electron chi connectivity index (χ4n) is 3.09.